The molecule has 5 atom stereocenters. The van der Waals surface area contributed by atoms with Crippen molar-refractivity contribution >= 4 is 10.8 Å². The first-order chi connectivity index (χ1) is 15.1. The van der Waals surface area contributed by atoms with E-state index in [0.717, 1.165) is 52.6 Å². The highest BCUT2D eigenvalue weighted by molar-refractivity contribution is 5.87. The second-order valence-corrected chi connectivity index (χ2v) is 9.40. The Morgan fingerprint density at radius 2 is 1.97 bits per heavy atom. The summed E-state index contributed by atoms with van der Waals surface area (Å²) in [6.07, 6.45) is 3.92. The minimum atomic E-state index is -0.506. The fraction of sp³-hybridized carbons (Fsp3) is 0.357. The van der Waals surface area contributed by atoms with Crippen molar-refractivity contribution < 1.29 is 14.3 Å². The molecule has 3 heteroatoms. The topological polar surface area (TPSA) is 29.5 Å². The Bertz CT molecular complexity index is 1080. The van der Waals surface area contributed by atoms with E-state index in [9.17, 15) is 5.11 Å². The molecule has 3 nitrogen and oxygen atoms in total. The lowest BCUT2D eigenvalue weighted by molar-refractivity contribution is -0.984. The largest absolute Gasteiger partial charge is 0.497 e. The van der Waals surface area contributed by atoms with Crippen molar-refractivity contribution in [2.45, 2.75) is 31.5 Å². The van der Waals surface area contributed by atoms with E-state index in [1.54, 1.807) is 7.11 Å². The quantitative estimate of drug-likeness (QED) is 0.427. The summed E-state index contributed by atoms with van der Waals surface area (Å²) < 4.78 is 6.43. The van der Waals surface area contributed by atoms with Crippen LogP contribution in [0.4, 0.5) is 0 Å². The van der Waals surface area contributed by atoms with Crippen LogP contribution < -0.4 is 4.74 Å². The van der Waals surface area contributed by atoms with Crippen molar-refractivity contribution in [1.29, 1.82) is 0 Å². The summed E-state index contributed by atoms with van der Waals surface area (Å²) in [4.78, 5) is 0. The Balaban J connectivity index is 1.56. The molecule has 0 spiro atoms. The Hall–Kier alpha value is -2.62. The van der Waals surface area contributed by atoms with Crippen LogP contribution in [0.5, 0.6) is 5.75 Å². The molecule has 2 bridgehead atoms. The minimum absolute atomic E-state index is 0.187. The van der Waals surface area contributed by atoms with Crippen LogP contribution in [-0.2, 0) is 6.54 Å². The van der Waals surface area contributed by atoms with E-state index in [1.807, 2.05) is 6.07 Å². The molecular formula is C28H32NO2+. The van der Waals surface area contributed by atoms with Gasteiger partial charge in [0.05, 0.1) is 20.2 Å². The van der Waals surface area contributed by atoms with E-state index in [-0.39, 0.29) is 6.04 Å². The maximum Gasteiger partial charge on any atom is 0.131 e. The molecule has 3 unspecified atom stereocenters. The lowest BCUT2D eigenvalue weighted by Gasteiger charge is -2.58. The zero-order valence-electron chi connectivity index (χ0n) is 18.3. The number of benzene rings is 3. The summed E-state index contributed by atoms with van der Waals surface area (Å²) in [5, 5.41) is 14.1. The summed E-state index contributed by atoms with van der Waals surface area (Å²) in [5.74, 6) is 1.99. The van der Waals surface area contributed by atoms with Gasteiger partial charge < -0.3 is 14.3 Å². The molecule has 0 radical (unpaired) electrons. The van der Waals surface area contributed by atoms with E-state index in [2.05, 4.69) is 73.3 Å². The summed E-state index contributed by atoms with van der Waals surface area (Å²) >= 11 is 0. The Labute approximate surface area is 185 Å². The molecule has 0 saturated carbocycles. The van der Waals surface area contributed by atoms with Gasteiger partial charge in [0.15, 0.2) is 0 Å². The van der Waals surface area contributed by atoms with Crippen LogP contribution in [0.1, 0.15) is 30.1 Å². The van der Waals surface area contributed by atoms with Crippen LogP contribution in [-0.4, -0.2) is 35.8 Å². The second-order valence-electron chi connectivity index (χ2n) is 9.40. The lowest BCUT2D eigenvalue weighted by Crippen LogP contribution is -2.67. The third-order valence-corrected chi connectivity index (χ3v) is 7.82. The number of hydrogen-bond acceptors (Lipinski definition) is 2. The molecule has 6 rings (SSSR count). The fourth-order valence-corrected chi connectivity index (χ4v) is 6.20. The predicted molar refractivity (Wildman–Crippen MR) is 126 cm³/mol. The van der Waals surface area contributed by atoms with Crippen molar-refractivity contribution in [2.75, 3.05) is 20.2 Å². The number of piperidine rings is 3. The SMILES string of the molecule is C=CC1C[N+]2(Cc3ccccc3)CCC1C[C@H]2[C@H](O)c1cccc2ccc(OC)cc12. The van der Waals surface area contributed by atoms with Crippen LogP contribution in [0.15, 0.2) is 79.4 Å². The molecule has 0 aliphatic carbocycles. The average Bonchev–Trinajstić information content (AvgIpc) is 2.83. The standard InChI is InChI=1S/C28H32NO2/c1-3-21-19-29(18-20-8-5-4-6-9-20)15-14-23(21)16-27(29)28(30)25-11-7-10-22-12-13-24(31-2)17-26(22)25/h3-13,17,21,23,27-28,30H,1,14-16,18-19H2,2H3/q+1/t21?,23?,27-,28+,29?/m0/s1. The van der Waals surface area contributed by atoms with E-state index in [1.165, 1.54) is 12.0 Å². The molecule has 3 aromatic rings. The predicted octanol–water partition coefficient (Wildman–Crippen LogP) is 5.49. The molecule has 3 saturated heterocycles. The number of methoxy groups -OCH3 is 1. The van der Waals surface area contributed by atoms with Gasteiger partial charge >= 0.3 is 0 Å². The monoisotopic (exact) mass is 414 g/mol. The number of aliphatic hydroxyl groups excluding tert-OH is 1. The molecule has 0 amide bonds. The summed E-state index contributed by atoms with van der Waals surface area (Å²) in [6.45, 7) is 7.30. The van der Waals surface area contributed by atoms with Crippen LogP contribution in [0.25, 0.3) is 10.8 Å². The lowest BCUT2D eigenvalue weighted by atomic mass is 9.71. The van der Waals surface area contributed by atoms with Gasteiger partial charge in [-0.3, -0.25) is 0 Å². The first kappa shape index (κ1) is 20.3. The van der Waals surface area contributed by atoms with Gasteiger partial charge in [0.2, 0.25) is 0 Å². The normalized spacial score (nSPS) is 28.4. The van der Waals surface area contributed by atoms with Crippen molar-refractivity contribution in [3.63, 3.8) is 0 Å². The molecule has 3 aliphatic heterocycles. The third kappa shape index (κ3) is 3.56. The maximum absolute atomic E-state index is 11.8. The highest BCUT2D eigenvalue weighted by atomic mass is 16.5. The van der Waals surface area contributed by atoms with Crippen LogP contribution in [0.3, 0.4) is 0 Å². The number of aliphatic hydroxyl groups is 1. The van der Waals surface area contributed by atoms with E-state index in [0.29, 0.717) is 11.8 Å². The summed E-state index contributed by atoms with van der Waals surface area (Å²) in [6, 6.07) is 23.4. The number of nitrogens with zero attached hydrogens (tertiary/aromatic N) is 1. The van der Waals surface area contributed by atoms with E-state index < -0.39 is 6.10 Å². The molecule has 0 aromatic heterocycles. The summed E-state index contributed by atoms with van der Waals surface area (Å²) in [5.41, 5.74) is 2.37. The van der Waals surface area contributed by atoms with Crippen LogP contribution in [0, 0.1) is 11.8 Å². The molecule has 31 heavy (non-hydrogen) atoms. The number of hydrogen-bond donors (Lipinski definition) is 1. The highest BCUT2D eigenvalue weighted by Gasteiger charge is 2.53. The molecular weight excluding hydrogens is 382 g/mol. The Kier molecular flexibility index (Phi) is 5.33. The van der Waals surface area contributed by atoms with E-state index >= 15 is 0 Å². The number of ether oxygens (including phenoxy) is 1. The molecule has 160 valence electrons. The molecule has 3 aliphatic rings. The Morgan fingerprint density at radius 1 is 1.13 bits per heavy atom. The zero-order chi connectivity index (χ0) is 21.4. The van der Waals surface area contributed by atoms with Gasteiger partial charge in [0.1, 0.15) is 24.4 Å². The van der Waals surface area contributed by atoms with Gasteiger partial charge in [-0.15, -0.1) is 6.58 Å². The average molecular weight is 415 g/mol. The van der Waals surface area contributed by atoms with Crippen molar-refractivity contribution in [3.05, 3.63) is 90.5 Å². The second kappa shape index (κ2) is 8.14. The van der Waals surface area contributed by atoms with Crippen molar-refractivity contribution in [3.8, 4) is 5.75 Å². The summed E-state index contributed by atoms with van der Waals surface area (Å²) in [7, 11) is 1.70. The zero-order valence-corrected chi connectivity index (χ0v) is 18.3. The third-order valence-electron chi connectivity index (χ3n) is 7.82. The number of quaternary nitrogens is 1. The van der Waals surface area contributed by atoms with Crippen molar-refractivity contribution in [2.24, 2.45) is 11.8 Å². The van der Waals surface area contributed by atoms with Crippen LogP contribution >= 0.6 is 0 Å². The van der Waals surface area contributed by atoms with Crippen LogP contribution in [0.2, 0.25) is 0 Å². The van der Waals surface area contributed by atoms with Gasteiger partial charge in [-0.1, -0.05) is 60.7 Å². The molecule has 3 fully saturated rings. The van der Waals surface area contributed by atoms with Crippen molar-refractivity contribution in [1.82, 2.24) is 0 Å². The van der Waals surface area contributed by atoms with Gasteiger partial charge in [0.25, 0.3) is 0 Å². The van der Waals surface area contributed by atoms with Gasteiger partial charge in [-0.05, 0) is 34.4 Å². The highest BCUT2D eigenvalue weighted by Crippen LogP contribution is 2.48. The Morgan fingerprint density at radius 3 is 2.74 bits per heavy atom. The van der Waals surface area contributed by atoms with Gasteiger partial charge in [0, 0.05) is 24.3 Å². The maximum atomic E-state index is 11.8. The smallest absolute Gasteiger partial charge is 0.131 e. The molecule has 3 heterocycles. The molecule has 1 N–H and O–H groups in total. The van der Waals surface area contributed by atoms with Gasteiger partial charge in [-0.2, -0.15) is 0 Å². The first-order valence-electron chi connectivity index (χ1n) is 11.4. The molecule has 3 aromatic carbocycles. The number of fused-ring (bicyclic) bond motifs is 4. The minimum Gasteiger partial charge on any atom is -0.497 e. The fourth-order valence-electron chi connectivity index (χ4n) is 6.20. The van der Waals surface area contributed by atoms with Gasteiger partial charge in [-0.25, -0.2) is 0 Å². The first-order valence-corrected chi connectivity index (χ1v) is 11.4. The van der Waals surface area contributed by atoms with E-state index in [4.69, 9.17) is 4.74 Å². The number of rotatable bonds is 6.